The molecule has 1 saturated heterocycles. The second-order valence-corrected chi connectivity index (χ2v) is 6.59. The van der Waals surface area contributed by atoms with Crippen LogP contribution in [0.25, 0.3) is 0 Å². The van der Waals surface area contributed by atoms with Crippen LogP contribution >= 0.6 is 0 Å². The lowest BCUT2D eigenvalue weighted by Crippen LogP contribution is -2.40. The molecule has 0 aromatic carbocycles. The maximum atomic E-state index is 11.3. The molecule has 2 atom stereocenters. The van der Waals surface area contributed by atoms with Gasteiger partial charge in [0.05, 0.1) is 5.92 Å². The average Bonchev–Trinajstić information content (AvgIpc) is 2.90. The van der Waals surface area contributed by atoms with E-state index in [-0.39, 0.29) is 5.92 Å². The molecular weight excluding hydrogens is 268 g/mol. The summed E-state index contributed by atoms with van der Waals surface area (Å²) in [6.45, 7) is 7.13. The topological polar surface area (TPSA) is 71.2 Å². The van der Waals surface area contributed by atoms with E-state index in [1.807, 2.05) is 0 Å². The fourth-order valence-corrected chi connectivity index (χ4v) is 3.54. The van der Waals surface area contributed by atoms with Crippen molar-refractivity contribution in [2.75, 3.05) is 13.1 Å². The largest absolute Gasteiger partial charge is 0.481 e. The summed E-state index contributed by atoms with van der Waals surface area (Å²) in [7, 11) is 0. The van der Waals surface area contributed by atoms with E-state index < -0.39 is 5.97 Å². The molecule has 3 heterocycles. The van der Waals surface area contributed by atoms with Crippen molar-refractivity contribution in [2.24, 2.45) is 5.92 Å². The predicted molar refractivity (Wildman–Crippen MR) is 78.2 cm³/mol. The molecule has 1 N–H and O–H groups in total. The van der Waals surface area contributed by atoms with Crippen molar-refractivity contribution in [3.8, 4) is 0 Å². The number of carboxylic acid groups (broad SMARTS) is 1. The molecule has 2 aliphatic rings. The van der Waals surface area contributed by atoms with Crippen molar-refractivity contribution >= 4 is 5.97 Å². The second-order valence-electron chi connectivity index (χ2n) is 6.59. The zero-order valence-electron chi connectivity index (χ0n) is 12.8. The molecule has 0 aliphatic carbocycles. The highest BCUT2D eigenvalue weighted by atomic mass is 16.4. The van der Waals surface area contributed by atoms with E-state index in [1.54, 1.807) is 0 Å². The standard InChI is InChI=1S/C15H24N4O2/c1-10(2)18-7-3-4-11(8-18)14-17-16-13-6-5-12(15(20)21)9-19(13)14/h10-12H,3-9H2,1-2H3,(H,20,21). The van der Waals surface area contributed by atoms with Gasteiger partial charge in [-0.05, 0) is 39.7 Å². The van der Waals surface area contributed by atoms with Crippen molar-refractivity contribution in [1.29, 1.82) is 0 Å². The number of rotatable bonds is 3. The molecule has 0 saturated carbocycles. The molecular formula is C15H24N4O2. The zero-order chi connectivity index (χ0) is 15.0. The Hall–Kier alpha value is -1.43. The molecule has 0 bridgehead atoms. The van der Waals surface area contributed by atoms with Crippen molar-refractivity contribution in [2.45, 2.75) is 58.0 Å². The van der Waals surface area contributed by atoms with Crippen LogP contribution in [0.2, 0.25) is 0 Å². The fraction of sp³-hybridized carbons (Fsp3) is 0.800. The molecule has 2 aliphatic heterocycles. The Balaban J connectivity index is 1.81. The van der Waals surface area contributed by atoms with E-state index >= 15 is 0 Å². The van der Waals surface area contributed by atoms with Crippen LogP contribution in [0.5, 0.6) is 0 Å². The van der Waals surface area contributed by atoms with Crippen LogP contribution < -0.4 is 0 Å². The summed E-state index contributed by atoms with van der Waals surface area (Å²) in [6.07, 6.45) is 3.70. The van der Waals surface area contributed by atoms with Crippen LogP contribution in [0.15, 0.2) is 0 Å². The second kappa shape index (κ2) is 5.75. The first-order valence-electron chi connectivity index (χ1n) is 7.95. The third-order valence-corrected chi connectivity index (χ3v) is 4.87. The van der Waals surface area contributed by atoms with Gasteiger partial charge in [-0.3, -0.25) is 4.79 Å². The van der Waals surface area contributed by atoms with Crippen LogP contribution in [0.3, 0.4) is 0 Å². The molecule has 6 heteroatoms. The number of carboxylic acids is 1. The maximum Gasteiger partial charge on any atom is 0.308 e. The lowest BCUT2D eigenvalue weighted by Gasteiger charge is -2.35. The lowest BCUT2D eigenvalue weighted by atomic mass is 9.94. The van der Waals surface area contributed by atoms with E-state index in [0.29, 0.717) is 24.9 Å². The average molecular weight is 292 g/mol. The number of likely N-dealkylation sites (tertiary alicyclic amines) is 1. The normalized spacial score (nSPS) is 26.8. The van der Waals surface area contributed by atoms with E-state index in [9.17, 15) is 9.90 Å². The van der Waals surface area contributed by atoms with Crippen molar-refractivity contribution < 1.29 is 9.90 Å². The number of piperidine rings is 1. The lowest BCUT2D eigenvalue weighted by molar-refractivity contribution is -0.142. The third kappa shape index (κ3) is 2.81. The van der Waals surface area contributed by atoms with Crippen LogP contribution in [-0.2, 0) is 17.8 Å². The molecule has 6 nitrogen and oxygen atoms in total. The quantitative estimate of drug-likeness (QED) is 0.914. The number of hydrogen-bond donors (Lipinski definition) is 1. The Kier molecular flexibility index (Phi) is 3.97. The molecule has 21 heavy (non-hydrogen) atoms. The molecule has 0 amide bonds. The first-order chi connectivity index (χ1) is 10.1. The minimum atomic E-state index is -0.701. The first kappa shape index (κ1) is 14.5. The summed E-state index contributed by atoms with van der Waals surface area (Å²) in [5, 5.41) is 18.0. The summed E-state index contributed by atoms with van der Waals surface area (Å²) in [6, 6.07) is 0.545. The Morgan fingerprint density at radius 2 is 2.10 bits per heavy atom. The van der Waals surface area contributed by atoms with E-state index in [0.717, 1.165) is 37.6 Å². The van der Waals surface area contributed by atoms with Gasteiger partial charge in [-0.1, -0.05) is 0 Å². The smallest absolute Gasteiger partial charge is 0.308 e. The summed E-state index contributed by atoms with van der Waals surface area (Å²) in [5.74, 6) is 1.35. The Morgan fingerprint density at radius 3 is 2.81 bits per heavy atom. The summed E-state index contributed by atoms with van der Waals surface area (Å²) in [5.41, 5.74) is 0. The fourth-order valence-electron chi connectivity index (χ4n) is 3.54. The molecule has 1 aromatic rings. The first-order valence-corrected chi connectivity index (χ1v) is 7.95. The summed E-state index contributed by atoms with van der Waals surface area (Å²) >= 11 is 0. The van der Waals surface area contributed by atoms with Crippen molar-refractivity contribution in [1.82, 2.24) is 19.7 Å². The van der Waals surface area contributed by atoms with Gasteiger partial charge in [-0.25, -0.2) is 0 Å². The Labute approximate surface area is 125 Å². The number of carbonyl (C=O) groups is 1. The molecule has 3 rings (SSSR count). The van der Waals surface area contributed by atoms with Gasteiger partial charge in [-0.15, -0.1) is 10.2 Å². The van der Waals surface area contributed by atoms with Gasteiger partial charge in [0.25, 0.3) is 0 Å². The van der Waals surface area contributed by atoms with Gasteiger partial charge >= 0.3 is 5.97 Å². The van der Waals surface area contributed by atoms with Gasteiger partial charge in [0.15, 0.2) is 0 Å². The van der Waals surface area contributed by atoms with Gasteiger partial charge in [0, 0.05) is 31.5 Å². The summed E-state index contributed by atoms with van der Waals surface area (Å²) in [4.78, 5) is 13.7. The van der Waals surface area contributed by atoms with Crippen LogP contribution in [-0.4, -0.2) is 49.9 Å². The minimum absolute atomic E-state index is 0.294. The Bertz CT molecular complexity index is 526. The number of aliphatic carboxylic acids is 1. The van der Waals surface area contributed by atoms with Gasteiger partial charge < -0.3 is 14.6 Å². The highest BCUT2D eigenvalue weighted by Crippen LogP contribution is 2.30. The zero-order valence-corrected chi connectivity index (χ0v) is 12.8. The number of fused-ring (bicyclic) bond motifs is 1. The highest BCUT2D eigenvalue weighted by molar-refractivity contribution is 5.70. The van der Waals surface area contributed by atoms with E-state index in [2.05, 4.69) is 33.5 Å². The monoisotopic (exact) mass is 292 g/mol. The Morgan fingerprint density at radius 1 is 1.29 bits per heavy atom. The van der Waals surface area contributed by atoms with Crippen LogP contribution in [0.1, 0.15) is 50.7 Å². The van der Waals surface area contributed by atoms with Gasteiger partial charge in [-0.2, -0.15) is 0 Å². The van der Waals surface area contributed by atoms with Crippen molar-refractivity contribution in [3.63, 3.8) is 0 Å². The predicted octanol–water partition coefficient (Wildman–Crippen LogP) is 1.51. The minimum Gasteiger partial charge on any atom is -0.481 e. The van der Waals surface area contributed by atoms with E-state index in [4.69, 9.17) is 0 Å². The molecule has 1 fully saturated rings. The highest BCUT2D eigenvalue weighted by Gasteiger charge is 2.32. The van der Waals surface area contributed by atoms with E-state index in [1.165, 1.54) is 6.42 Å². The van der Waals surface area contributed by atoms with Gasteiger partial charge in [0.2, 0.25) is 0 Å². The maximum absolute atomic E-state index is 11.3. The third-order valence-electron chi connectivity index (χ3n) is 4.87. The molecule has 116 valence electrons. The van der Waals surface area contributed by atoms with Crippen LogP contribution in [0, 0.1) is 5.92 Å². The molecule has 2 unspecified atom stereocenters. The SMILES string of the molecule is CC(C)N1CCCC(c2nnc3n2CC(C(=O)O)CC3)C1. The summed E-state index contributed by atoms with van der Waals surface area (Å²) < 4.78 is 2.08. The molecule has 0 radical (unpaired) electrons. The van der Waals surface area contributed by atoms with Gasteiger partial charge in [0.1, 0.15) is 11.6 Å². The number of aromatic nitrogens is 3. The number of hydrogen-bond acceptors (Lipinski definition) is 4. The molecule has 0 spiro atoms. The number of aryl methyl sites for hydroxylation is 1. The van der Waals surface area contributed by atoms with Crippen LogP contribution in [0.4, 0.5) is 0 Å². The van der Waals surface area contributed by atoms with Crippen molar-refractivity contribution in [3.05, 3.63) is 11.6 Å². The number of nitrogens with zero attached hydrogens (tertiary/aromatic N) is 4. The molecule has 1 aromatic heterocycles.